The summed E-state index contributed by atoms with van der Waals surface area (Å²) < 4.78 is 0. The van der Waals surface area contributed by atoms with Crippen LogP contribution in [0.15, 0.2) is 12.1 Å². The van der Waals surface area contributed by atoms with Crippen molar-refractivity contribution in [3.8, 4) is 0 Å². The summed E-state index contributed by atoms with van der Waals surface area (Å²) in [6.07, 6.45) is 0.245. The Morgan fingerprint density at radius 1 is 1.38 bits per heavy atom. The van der Waals surface area contributed by atoms with Crippen molar-refractivity contribution in [3.05, 3.63) is 33.8 Å². The number of rotatable bonds is 2. The van der Waals surface area contributed by atoms with Gasteiger partial charge in [-0.05, 0) is 48.2 Å². The largest absolute Gasteiger partial charge is 0.281 e. The number of hydrogen-bond donors (Lipinski definition) is 0. The fourth-order valence-electron chi connectivity index (χ4n) is 1.22. The van der Waals surface area contributed by atoms with Gasteiger partial charge in [0.1, 0.15) is 0 Å². The zero-order chi connectivity index (χ0) is 10.0. The maximum atomic E-state index is 10.7. The molecule has 1 rings (SSSR count). The van der Waals surface area contributed by atoms with Crippen molar-refractivity contribution in [1.29, 1.82) is 0 Å². The highest BCUT2D eigenvalue weighted by Crippen LogP contribution is 2.22. The van der Waals surface area contributed by atoms with E-state index in [4.69, 9.17) is 23.2 Å². The number of hydrogen-bond acceptors (Lipinski definition) is 1. The average Bonchev–Trinajstić information content (AvgIpc) is 1.98. The minimum Gasteiger partial charge on any atom is -0.281 e. The predicted molar refractivity (Wildman–Crippen MR) is 55.5 cm³/mol. The Labute approximate surface area is 87.7 Å². The third kappa shape index (κ3) is 2.71. The Morgan fingerprint density at radius 2 is 2.00 bits per heavy atom. The molecular weight excluding hydrogens is 207 g/mol. The van der Waals surface area contributed by atoms with Crippen LogP contribution in [0, 0.1) is 13.8 Å². The molecule has 1 aromatic carbocycles. The molecule has 0 saturated carbocycles. The normalized spacial score (nSPS) is 10.2. The van der Waals surface area contributed by atoms with Crippen molar-refractivity contribution in [2.24, 2.45) is 0 Å². The number of benzene rings is 1. The molecule has 0 aliphatic heterocycles. The number of aryl methyl sites for hydroxylation is 1. The van der Waals surface area contributed by atoms with Crippen molar-refractivity contribution < 1.29 is 4.79 Å². The lowest BCUT2D eigenvalue weighted by molar-refractivity contribution is -0.111. The van der Waals surface area contributed by atoms with Gasteiger partial charge in [-0.1, -0.05) is 17.7 Å². The lowest BCUT2D eigenvalue weighted by Gasteiger charge is -2.06. The van der Waals surface area contributed by atoms with E-state index < -0.39 is 0 Å². The van der Waals surface area contributed by atoms with E-state index in [2.05, 4.69) is 0 Å². The van der Waals surface area contributed by atoms with Crippen molar-refractivity contribution in [2.75, 3.05) is 0 Å². The van der Waals surface area contributed by atoms with Gasteiger partial charge in [-0.15, -0.1) is 0 Å². The summed E-state index contributed by atoms with van der Waals surface area (Å²) in [4.78, 5) is 10.7. The van der Waals surface area contributed by atoms with Gasteiger partial charge >= 0.3 is 0 Å². The van der Waals surface area contributed by atoms with Crippen molar-refractivity contribution in [3.63, 3.8) is 0 Å². The maximum Gasteiger partial charge on any atom is 0.226 e. The summed E-state index contributed by atoms with van der Waals surface area (Å²) in [5, 5.41) is 0.331. The van der Waals surface area contributed by atoms with E-state index in [1.165, 1.54) is 0 Å². The van der Waals surface area contributed by atoms with E-state index in [9.17, 15) is 4.79 Å². The molecule has 0 aromatic heterocycles. The molecule has 3 heteroatoms. The van der Waals surface area contributed by atoms with Crippen molar-refractivity contribution >= 4 is 28.4 Å². The summed E-state index contributed by atoms with van der Waals surface area (Å²) >= 11 is 11.3. The van der Waals surface area contributed by atoms with Crippen LogP contribution in [0.3, 0.4) is 0 Å². The Bertz CT molecular complexity index is 345. The summed E-state index contributed by atoms with van der Waals surface area (Å²) in [5.74, 6) is 0. The number of carbonyl (C=O) groups excluding carboxylic acids is 1. The molecule has 0 atom stereocenters. The average molecular weight is 217 g/mol. The minimum atomic E-state index is -0.357. The van der Waals surface area contributed by atoms with Gasteiger partial charge in [0.25, 0.3) is 0 Å². The monoisotopic (exact) mass is 216 g/mol. The first-order valence-corrected chi connectivity index (χ1v) is 4.70. The second kappa shape index (κ2) is 4.12. The van der Waals surface area contributed by atoms with Crippen LogP contribution in [-0.2, 0) is 11.2 Å². The van der Waals surface area contributed by atoms with Gasteiger partial charge in [-0.3, -0.25) is 4.79 Å². The minimum absolute atomic E-state index is 0.245. The van der Waals surface area contributed by atoms with Crippen molar-refractivity contribution in [2.45, 2.75) is 20.3 Å². The van der Waals surface area contributed by atoms with Crippen LogP contribution < -0.4 is 0 Å². The quantitative estimate of drug-likeness (QED) is 0.695. The molecule has 13 heavy (non-hydrogen) atoms. The van der Waals surface area contributed by atoms with Crippen LogP contribution in [0.5, 0.6) is 0 Å². The molecule has 0 amide bonds. The topological polar surface area (TPSA) is 17.1 Å². The molecule has 0 unspecified atom stereocenters. The number of carbonyl (C=O) groups is 1. The van der Waals surface area contributed by atoms with Gasteiger partial charge in [0.05, 0.1) is 0 Å². The molecule has 0 saturated heterocycles. The Morgan fingerprint density at radius 3 is 2.54 bits per heavy atom. The molecule has 0 N–H and O–H groups in total. The Balaban J connectivity index is 3.12. The molecule has 70 valence electrons. The lowest BCUT2D eigenvalue weighted by Crippen LogP contribution is -1.97. The Kier molecular flexibility index (Phi) is 3.34. The van der Waals surface area contributed by atoms with Gasteiger partial charge < -0.3 is 0 Å². The SMILES string of the molecule is Cc1cc(Cl)c(C)c(CC(=O)Cl)c1. The molecule has 1 nitrogen and oxygen atoms in total. The van der Waals surface area contributed by atoms with Crippen LogP contribution in [0.4, 0.5) is 0 Å². The van der Waals surface area contributed by atoms with Crippen LogP contribution in [0.2, 0.25) is 5.02 Å². The molecule has 0 aliphatic carbocycles. The molecule has 0 fully saturated rings. The van der Waals surface area contributed by atoms with Gasteiger partial charge in [0, 0.05) is 11.4 Å². The highest BCUT2D eigenvalue weighted by atomic mass is 35.5. The van der Waals surface area contributed by atoms with Crippen LogP contribution in [-0.4, -0.2) is 5.24 Å². The van der Waals surface area contributed by atoms with E-state index >= 15 is 0 Å². The first-order chi connectivity index (χ1) is 6.00. The summed E-state index contributed by atoms with van der Waals surface area (Å²) in [7, 11) is 0. The molecule has 0 heterocycles. The van der Waals surface area contributed by atoms with Gasteiger partial charge in [0.2, 0.25) is 5.24 Å². The molecular formula is C10H10Cl2O. The standard InChI is InChI=1S/C10H10Cl2O/c1-6-3-8(5-10(12)13)7(2)9(11)4-6/h3-4H,5H2,1-2H3. The van der Waals surface area contributed by atoms with Gasteiger partial charge in [0.15, 0.2) is 0 Å². The first kappa shape index (κ1) is 10.6. The van der Waals surface area contributed by atoms with E-state index in [0.29, 0.717) is 5.02 Å². The zero-order valence-corrected chi connectivity index (χ0v) is 9.04. The summed E-state index contributed by atoms with van der Waals surface area (Å²) in [5.41, 5.74) is 2.88. The molecule has 0 aliphatic rings. The highest BCUT2D eigenvalue weighted by molar-refractivity contribution is 6.63. The molecule has 0 spiro atoms. The molecule has 0 bridgehead atoms. The fourth-order valence-corrected chi connectivity index (χ4v) is 1.66. The number of halogens is 2. The van der Waals surface area contributed by atoms with E-state index in [-0.39, 0.29) is 11.7 Å². The molecule has 1 aromatic rings. The van der Waals surface area contributed by atoms with Gasteiger partial charge in [-0.25, -0.2) is 0 Å². The first-order valence-electron chi connectivity index (χ1n) is 3.94. The maximum absolute atomic E-state index is 10.7. The van der Waals surface area contributed by atoms with Gasteiger partial charge in [-0.2, -0.15) is 0 Å². The smallest absolute Gasteiger partial charge is 0.226 e. The second-order valence-corrected chi connectivity index (χ2v) is 3.89. The zero-order valence-electron chi connectivity index (χ0n) is 7.53. The van der Waals surface area contributed by atoms with Crippen molar-refractivity contribution in [1.82, 2.24) is 0 Å². The van der Waals surface area contributed by atoms with Crippen LogP contribution in [0.25, 0.3) is 0 Å². The van der Waals surface area contributed by atoms with E-state index in [1.54, 1.807) is 0 Å². The van der Waals surface area contributed by atoms with Crippen LogP contribution in [0.1, 0.15) is 16.7 Å². The fraction of sp³-hybridized carbons (Fsp3) is 0.300. The lowest BCUT2D eigenvalue weighted by atomic mass is 10.0. The van der Waals surface area contributed by atoms with E-state index in [0.717, 1.165) is 16.7 Å². The third-order valence-corrected chi connectivity index (χ3v) is 2.45. The summed E-state index contributed by atoms with van der Waals surface area (Å²) in [6, 6.07) is 3.81. The highest BCUT2D eigenvalue weighted by Gasteiger charge is 2.06. The summed E-state index contributed by atoms with van der Waals surface area (Å²) in [6.45, 7) is 3.82. The predicted octanol–water partition coefficient (Wildman–Crippen LogP) is 3.26. The van der Waals surface area contributed by atoms with Crippen LogP contribution >= 0.6 is 23.2 Å². The van der Waals surface area contributed by atoms with E-state index in [1.807, 2.05) is 26.0 Å². The Hall–Kier alpha value is -0.530. The molecule has 0 radical (unpaired) electrons. The second-order valence-electron chi connectivity index (χ2n) is 3.06. The third-order valence-electron chi connectivity index (χ3n) is 1.93.